The molecule has 1 aromatic heterocycles. The Balaban J connectivity index is 1.30. The molecule has 1 aromatic carbocycles. The number of carbonyl (C=O) groups is 1. The maximum Gasteiger partial charge on any atom is 0.321 e. The van der Waals surface area contributed by atoms with Gasteiger partial charge in [0.2, 0.25) is 5.13 Å². The lowest BCUT2D eigenvalue weighted by Gasteiger charge is -2.47. The molecule has 26 heavy (non-hydrogen) atoms. The van der Waals surface area contributed by atoms with Gasteiger partial charge in [-0.3, -0.25) is 5.32 Å². The van der Waals surface area contributed by atoms with Gasteiger partial charge in [-0.2, -0.15) is 0 Å². The summed E-state index contributed by atoms with van der Waals surface area (Å²) in [4.78, 5) is 12.2. The molecular weight excluding hydrogens is 355 g/mol. The smallest absolute Gasteiger partial charge is 0.321 e. The molecule has 1 aliphatic carbocycles. The van der Waals surface area contributed by atoms with E-state index in [9.17, 15) is 9.18 Å². The van der Waals surface area contributed by atoms with Gasteiger partial charge in [0.25, 0.3) is 0 Å². The predicted octanol–water partition coefficient (Wildman–Crippen LogP) is 3.49. The van der Waals surface area contributed by atoms with Crippen LogP contribution < -0.4 is 10.6 Å². The van der Waals surface area contributed by atoms with Crippen molar-refractivity contribution in [1.29, 1.82) is 0 Å². The number of aromatic nitrogens is 2. The molecule has 1 spiro atoms. The second kappa shape index (κ2) is 7.28. The Hall–Kier alpha value is -2.06. The molecule has 2 heterocycles. The molecular formula is C18H21FN4O2S. The molecule has 1 saturated carbocycles. The summed E-state index contributed by atoms with van der Waals surface area (Å²) in [7, 11) is 0. The van der Waals surface area contributed by atoms with Crippen molar-refractivity contribution in [3.05, 3.63) is 40.7 Å². The van der Waals surface area contributed by atoms with Crippen LogP contribution in [0.25, 0.3) is 0 Å². The maximum atomic E-state index is 13.2. The summed E-state index contributed by atoms with van der Waals surface area (Å²) in [6, 6.07) is 6.25. The average molecular weight is 376 g/mol. The Morgan fingerprint density at radius 2 is 2.27 bits per heavy atom. The predicted molar refractivity (Wildman–Crippen MR) is 96.8 cm³/mol. The Kier molecular flexibility index (Phi) is 4.86. The van der Waals surface area contributed by atoms with Crippen LogP contribution in [0.5, 0.6) is 0 Å². The van der Waals surface area contributed by atoms with E-state index in [-0.39, 0.29) is 23.5 Å². The number of nitrogens with zero attached hydrogens (tertiary/aromatic N) is 2. The van der Waals surface area contributed by atoms with Crippen molar-refractivity contribution in [2.24, 2.45) is 0 Å². The van der Waals surface area contributed by atoms with Crippen molar-refractivity contribution in [2.45, 2.75) is 50.2 Å². The van der Waals surface area contributed by atoms with Crippen LogP contribution in [0.1, 0.15) is 42.7 Å². The lowest BCUT2D eigenvalue weighted by molar-refractivity contribution is -0.134. The fraction of sp³-hybridized carbons (Fsp3) is 0.500. The molecule has 6 nitrogen and oxygen atoms in total. The van der Waals surface area contributed by atoms with Gasteiger partial charge in [0.05, 0.1) is 5.60 Å². The third-order valence-corrected chi connectivity index (χ3v) is 5.86. The minimum absolute atomic E-state index is 0.00292. The highest BCUT2D eigenvalue weighted by Gasteiger charge is 2.42. The fourth-order valence-corrected chi connectivity index (χ4v) is 4.36. The highest BCUT2D eigenvalue weighted by molar-refractivity contribution is 7.15. The van der Waals surface area contributed by atoms with E-state index >= 15 is 0 Å². The number of benzene rings is 1. The number of urea groups is 1. The Morgan fingerprint density at radius 1 is 1.38 bits per heavy atom. The molecule has 1 unspecified atom stereocenters. The van der Waals surface area contributed by atoms with Crippen molar-refractivity contribution in [3.8, 4) is 0 Å². The first-order valence-electron chi connectivity index (χ1n) is 8.89. The lowest BCUT2D eigenvalue weighted by atomic mass is 9.74. The number of anilines is 1. The Morgan fingerprint density at radius 3 is 3.04 bits per heavy atom. The quantitative estimate of drug-likeness (QED) is 0.856. The first-order chi connectivity index (χ1) is 12.6. The largest absolute Gasteiger partial charge is 0.375 e. The summed E-state index contributed by atoms with van der Waals surface area (Å²) in [5.74, 6) is -0.273. The van der Waals surface area contributed by atoms with Crippen LogP contribution in [0, 0.1) is 5.82 Å². The third kappa shape index (κ3) is 4.02. The second-order valence-electron chi connectivity index (χ2n) is 6.98. The number of ether oxygens (including phenoxy) is 1. The Bertz CT molecular complexity index is 793. The molecule has 0 radical (unpaired) electrons. The van der Waals surface area contributed by atoms with E-state index in [0.717, 1.165) is 36.3 Å². The average Bonchev–Trinajstić information content (AvgIpc) is 3.00. The molecule has 1 atom stereocenters. The van der Waals surface area contributed by atoms with Gasteiger partial charge >= 0.3 is 6.03 Å². The van der Waals surface area contributed by atoms with E-state index in [1.807, 2.05) is 6.07 Å². The van der Waals surface area contributed by atoms with Gasteiger partial charge in [-0.1, -0.05) is 23.5 Å². The van der Waals surface area contributed by atoms with Gasteiger partial charge in [-0.15, -0.1) is 10.2 Å². The number of halogens is 1. The molecule has 1 saturated heterocycles. The number of rotatable bonds is 4. The molecule has 2 aromatic rings. The first kappa shape index (κ1) is 17.4. The highest BCUT2D eigenvalue weighted by atomic mass is 32.1. The van der Waals surface area contributed by atoms with Crippen LogP contribution in [0.3, 0.4) is 0 Å². The number of hydrogen-bond donors (Lipinski definition) is 2. The number of amides is 2. The second-order valence-corrected chi connectivity index (χ2v) is 8.04. The lowest BCUT2D eigenvalue weighted by Crippen LogP contribution is -2.52. The monoisotopic (exact) mass is 376 g/mol. The van der Waals surface area contributed by atoms with Crippen molar-refractivity contribution in [3.63, 3.8) is 0 Å². The van der Waals surface area contributed by atoms with Crippen LogP contribution in [-0.2, 0) is 11.2 Å². The van der Waals surface area contributed by atoms with E-state index < -0.39 is 0 Å². The molecule has 8 heteroatoms. The molecule has 0 bridgehead atoms. The summed E-state index contributed by atoms with van der Waals surface area (Å²) < 4.78 is 19.1. The summed E-state index contributed by atoms with van der Waals surface area (Å²) in [5, 5.41) is 15.0. The molecule has 1 aliphatic heterocycles. The van der Waals surface area contributed by atoms with E-state index in [1.54, 1.807) is 6.07 Å². The zero-order valence-electron chi connectivity index (χ0n) is 14.3. The normalized spacial score (nSPS) is 21.2. The number of nitrogens with one attached hydrogen (secondary N) is 2. The van der Waals surface area contributed by atoms with Crippen LogP contribution in [0.4, 0.5) is 14.3 Å². The van der Waals surface area contributed by atoms with Crippen LogP contribution in [0.15, 0.2) is 24.3 Å². The Labute approximate surface area is 155 Å². The molecule has 138 valence electrons. The van der Waals surface area contributed by atoms with Crippen molar-refractivity contribution in [1.82, 2.24) is 15.5 Å². The highest BCUT2D eigenvalue weighted by Crippen LogP contribution is 2.42. The zero-order chi connectivity index (χ0) is 18.0. The minimum Gasteiger partial charge on any atom is -0.375 e. The van der Waals surface area contributed by atoms with Gasteiger partial charge < -0.3 is 10.1 Å². The summed E-state index contributed by atoms with van der Waals surface area (Å²) >= 11 is 1.30. The molecule has 2 amide bonds. The molecule has 2 aliphatic rings. The third-order valence-electron chi connectivity index (χ3n) is 5.02. The van der Waals surface area contributed by atoms with Gasteiger partial charge in [0.1, 0.15) is 10.8 Å². The number of carbonyl (C=O) groups excluding carboxylic acids is 1. The van der Waals surface area contributed by atoms with Crippen LogP contribution in [0.2, 0.25) is 0 Å². The van der Waals surface area contributed by atoms with E-state index in [1.165, 1.54) is 29.9 Å². The molecule has 2 fully saturated rings. The van der Waals surface area contributed by atoms with E-state index in [4.69, 9.17) is 4.74 Å². The van der Waals surface area contributed by atoms with Gasteiger partial charge in [0, 0.05) is 19.1 Å². The van der Waals surface area contributed by atoms with Gasteiger partial charge in [-0.05, 0) is 49.8 Å². The molecule has 2 N–H and O–H groups in total. The first-order valence-corrected chi connectivity index (χ1v) is 9.70. The van der Waals surface area contributed by atoms with Crippen molar-refractivity contribution in [2.75, 3.05) is 11.9 Å². The summed E-state index contributed by atoms with van der Waals surface area (Å²) in [5.41, 5.74) is 0.821. The van der Waals surface area contributed by atoms with Crippen LogP contribution >= 0.6 is 11.3 Å². The molecule has 4 rings (SSSR count). The van der Waals surface area contributed by atoms with Crippen LogP contribution in [-0.4, -0.2) is 34.5 Å². The van der Waals surface area contributed by atoms with Gasteiger partial charge in [0.15, 0.2) is 0 Å². The minimum atomic E-state index is -0.273. The summed E-state index contributed by atoms with van der Waals surface area (Å²) in [6.45, 7) is 0.696. The standard InChI is InChI=1S/C18H21FN4O2S/c19-13-4-1-3-12(9-13)10-15-22-23-17(26-15)21-16(24)20-14-5-8-25-18(11-14)6-2-7-18/h1,3-4,9,14H,2,5-8,10-11H2,(H2,20,21,23,24). The topological polar surface area (TPSA) is 76.1 Å². The maximum absolute atomic E-state index is 13.2. The SMILES string of the molecule is O=C(Nc1nnc(Cc2cccc(F)c2)s1)NC1CCOC2(CCC2)C1. The van der Waals surface area contributed by atoms with E-state index in [2.05, 4.69) is 20.8 Å². The van der Waals surface area contributed by atoms with Crippen molar-refractivity contribution < 1.29 is 13.9 Å². The van der Waals surface area contributed by atoms with E-state index in [0.29, 0.717) is 18.2 Å². The van der Waals surface area contributed by atoms with Crippen molar-refractivity contribution >= 4 is 22.5 Å². The van der Waals surface area contributed by atoms with Gasteiger partial charge in [-0.25, -0.2) is 9.18 Å². The number of hydrogen-bond acceptors (Lipinski definition) is 5. The summed E-state index contributed by atoms with van der Waals surface area (Å²) in [6.07, 6.45) is 5.58. The zero-order valence-corrected chi connectivity index (χ0v) is 15.2. The fourth-order valence-electron chi connectivity index (χ4n) is 3.59.